The molecule has 162 valence electrons. The van der Waals surface area contributed by atoms with Crippen LogP contribution in [-0.4, -0.2) is 25.6 Å². The molecule has 0 unspecified atom stereocenters. The summed E-state index contributed by atoms with van der Waals surface area (Å²) in [6, 6.07) is 19.5. The molecule has 4 rings (SSSR count). The number of rotatable bonds is 6. The molecule has 32 heavy (non-hydrogen) atoms. The van der Waals surface area contributed by atoms with E-state index in [0.717, 1.165) is 22.2 Å². The van der Waals surface area contributed by atoms with Gasteiger partial charge in [0.25, 0.3) is 5.91 Å². The highest BCUT2D eigenvalue weighted by molar-refractivity contribution is 7.89. The van der Waals surface area contributed by atoms with Crippen LogP contribution < -0.4 is 9.62 Å². The molecule has 0 fully saturated rings. The third-order valence-corrected chi connectivity index (χ3v) is 7.26. The van der Waals surface area contributed by atoms with Gasteiger partial charge in [-0.1, -0.05) is 18.2 Å². The molecule has 10 heteroatoms. The number of fused-ring (bicyclic) bond motifs is 1. The first-order valence-electron chi connectivity index (χ1n) is 9.48. The molecule has 2 aromatic heterocycles. The quantitative estimate of drug-likeness (QED) is 0.432. The van der Waals surface area contributed by atoms with Crippen LogP contribution in [0.5, 0.6) is 0 Å². The first-order valence-corrected chi connectivity index (χ1v) is 13.0. The number of hydrogen-bond donors (Lipinski definition) is 1. The fraction of sp³-hybridized carbons (Fsp3) is 0.136. The predicted molar refractivity (Wildman–Crippen MR) is 128 cm³/mol. The summed E-state index contributed by atoms with van der Waals surface area (Å²) in [5.74, 6) is -0.755. The fourth-order valence-electron chi connectivity index (χ4n) is 3.18. The Balaban J connectivity index is 1.74. The molecular weight excluding hydrogens is 464 g/mol. The van der Waals surface area contributed by atoms with Crippen molar-refractivity contribution in [1.29, 1.82) is 5.26 Å². The lowest BCUT2D eigenvalue weighted by Crippen LogP contribution is -2.30. The Bertz CT molecular complexity index is 1410. The van der Waals surface area contributed by atoms with Crippen LogP contribution in [0.25, 0.3) is 10.1 Å². The van der Waals surface area contributed by atoms with E-state index in [1.54, 1.807) is 30.4 Å². The highest BCUT2D eigenvalue weighted by Gasteiger charge is 2.22. The number of nitriles is 1. The zero-order valence-electron chi connectivity index (χ0n) is 17.2. The van der Waals surface area contributed by atoms with E-state index in [-0.39, 0.29) is 5.69 Å². The van der Waals surface area contributed by atoms with Crippen LogP contribution in [0.1, 0.15) is 25.8 Å². The Kier molecular flexibility index (Phi) is 5.97. The Morgan fingerprint density at radius 2 is 1.88 bits per heavy atom. The van der Waals surface area contributed by atoms with Crippen molar-refractivity contribution in [3.05, 3.63) is 75.6 Å². The molecule has 0 saturated carbocycles. The van der Waals surface area contributed by atoms with E-state index in [9.17, 15) is 13.2 Å². The van der Waals surface area contributed by atoms with E-state index in [1.807, 2.05) is 33.9 Å². The Morgan fingerprint density at radius 1 is 1.16 bits per heavy atom. The van der Waals surface area contributed by atoms with Crippen molar-refractivity contribution in [2.45, 2.75) is 13.5 Å². The van der Waals surface area contributed by atoms with E-state index in [1.165, 1.54) is 16.0 Å². The topological polar surface area (TPSA) is 103 Å². The molecule has 0 aliphatic carbocycles. The van der Waals surface area contributed by atoms with Crippen molar-refractivity contribution in [2.75, 3.05) is 11.2 Å². The second-order valence-electron chi connectivity index (χ2n) is 7.10. The van der Waals surface area contributed by atoms with Crippen LogP contribution in [0.4, 0.5) is 10.8 Å². The number of aromatic nitrogens is 1. The summed E-state index contributed by atoms with van der Waals surface area (Å²) in [5.41, 5.74) is 1.43. The van der Waals surface area contributed by atoms with Gasteiger partial charge < -0.3 is 4.90 Å². The Hall–Kier alpha value is -3.26. The van der Waals surface area contributed by atoms with E-state index in [4.69, 9.17) is 5.26 Å². The van der Waals surface area contributed by atoms with Crippen molar-refractivity contribution in [3.63, 3.8) is 0 Å². The number of carbonyl (C=O) groups is 1. The van der Waals surface area contributed by atoms with E-state index >= 15 is 0 Å². The van der Waals surface area contributed by atoms with Gasteiger partial charge in [0.05, 0.1) is 24.4 Å². The first kappa shape index (κ1) is 22.0. The Morgan fingerprint density at radius 3 is 2.53 bits per heavy atom. The number of thiazole rings is 1. The molecule has 0 spiro atoms. The molecule has 7 nitrogen and oxygen atoms in total. The maximum Gasteiger partial charge on any atom is 0.284 e. The van der Waals surface area contributed by atoms with E-state index in [0.29, 0.717) is 22.1 Å². The summed E-state index contributed by atoms with van der Waals surface area (Å²) >= 11 is 2.98. The maximum atomic E-state index is 12.4. The number of nitrogens with zero attached hydrogens (tertiary/aromatic N) is 3. The number of hydrogen-bond acceptors (Lipinski definition) is 8. The average Bonchev–Trinajstić information content (AvgIpc) is 3.33. The number of anilines is 2. The fourth-order valence-corrected chi connectivity index (χ4v) is 5.59. The summed E-state index contributed by atoms with van der Waals surface area (Å²) in [4.78, 5) is 20.6. The van der Waals surface area contributed by atoms with Gasteiger partial charge in [-0.2, -0.15) is 5.26 Å². The second kappa shape index (κ2) is 8.70. The second-order valence-corrected chi connectivity index (χ2v) is 11.2. The molecular formula is C22H18N4O3S3. The van der Waals surface area contributed by atoms with Gasteiger partial charge in [-0.25, -0.2) is 18.1 Å². The molecule has 0 aliphatic heterocycles. The van der Waals surface area contributed by atoms with Gasteiger partial charge in [0.15, 0.2) is 5.13 Å². The molecule has 4 aromatic rings. The van der Waals surface area contributed by atoms with Crippen LogP contribution >= 0.6 is 22.7 Å². The lowest BCUT2D eigenvalue weighted by Gasteiger charge is -2.21. The normalized spacial score (nSPS) is 11.3. The SMILES string of the molecule is Cc1sc(N(Cc2cc3ccccc3s2)c2ccc(C#N)cc2)nc1C(=O)NS(C)(=O)=O. The molecule has 0 radical (unpaired) electrons. The molecule has 0 saturated heterocycles. The van der Waals surface area contributed by atoms with Crippen molar-refractivity contribution in [2.24, 2.45) is 0 Å². The molecule has 0 atom stereocenters. The van der Waals surface area contributed by atoms with Gasteiger partial charge in [-0.3, -0.25) is 4.79 Å². The van der Waals surface area contributed by atoms with E-state index in [2.05, 4.69) is 29.3 Å². The van der Waals surface area contributed by atoms with Crippen LogP contribution in [0, 0.1) is 18.3 Å². The zero-order valence-corrected chi connectivity index (χ0v) is 19.6. The minimum absolute atomic E-state index is 0.0745. The van der Waals surface area contributed by atoms with Gasteiger partial charge >= 0.3 is 0 Å². The molecule has 1 amide bonds. The van der Waals surface area contributed by atoms with Crippen molar-refractivity contribution in [1.82, 2.24) is 9.71 Å². The van der Waals surface area contributed by atoms with Gasteiger partial charge in [-0.15, -0.1) is 22.7 Å². The number of nitrogens with one attached hydrogen (secondary N) is 1. The molecule has 1 N–H and O–H groups in total. The molecule has 2 aromatic carbocycles. The van der Waals surface area contributed by atoms with Crippen LogP contribution in [0.2, 0.25) is 0 Å². The predicted octanol–water partition coefficient (Wildman–Crippen LogP) is 4.57. The van der Waals surface area contributed by atoms with Crippen LogP contribution in [0.15, 0.2) is 54.6 Å². The zero-order chi connectivity index (χ0) is 22.9. The summed E-state index contributed by atoms with van der Waals surface area (Å²) < 4.78 is 26.1. The molecule has 0 aliphatic rings. The first-order chi connectivity index (χ1) is 15.2. The molecule has 0 bridgehead atoms. The highest BCUT2D eigenvalue weighted by Crippen LogP contribution is 2.35. The summed E-state index contributed by atoms with van der Waals surface area (Å²) in [7, 11) is -3.70. The Labute approximate surface area is 193 Å². The third kappa shape index (κ3) is 4.80. The van der Waals surface area contributed by atoms with Gasteiger partial charge in [0, 0.05) is 20.1 Å². The summed E-state index contributed by atoms with van der Waals surface area (Å²) in [5, 5.41) is 10.8. The highest BCUT2D eigenvalue weighted by atomic mass is 32.2. The number of sulfonamides is 1. The van der Waals surface area contributed by atoms with Crippen molar-refractivity contribution < 1.29 is 13.2 Å². The minimum atomic E-state index is -3.70. The maximum absolute atomic E-state index is 12.4. The summed E-state index contributed by atoms with van der Waals surface area (Å²) in [6.45, 7) is 2.24. The number of aryl methyl sites for hydroxylation is 1. The lowest BCUT2D eigenvalue weighted by atomic mass is 10.2. The van der Waals surface area contributed by atoms with Gasteiger partial charge in [0.1, 0.15) is 5.69 Å². The van der Waals surface area contributed by atoms with Crippen molar-refractivity contribution in [3.8, 4) is 6.07 Å². The summed E-state index contributed by atoms with van der Waals surface area (Å²) in [6.07, 6.45) is 0.929. The van der Waals surface area contributed by atoms with Crippen LogP contribution in [-0.2, 0) is 16.6 Å². The molecule has 2 heterocycles. The minimum Gasteiger partial charge on any atom is -0.313 e. The van der Waals surface area contributed by atoms with Crippen molar-refractivity contribution >= 4 is 59.5 Å². The van der Waals surface area contributed by atoms with Gasteiger partial charge in [-0.05, 0) is 48.7 Å². The van der Waals surface area contributed by atoms with E-state index < -0.39 is 15.9 Å². The number of benzene rings is 2. The smallest absolute Gasteiger partial charge is 0.284 e. The number of thiophene rings is 1. The van der Waals surface area contributed by atoms with Gasteiger partial charge in [0.2, 0.25) is 10.0 Å². The lowest BCUT2D eigenvalue weighted by molar-refractivity contribution is 0.0977. The number of amides is 1. The number of carbonyl (C=O) groups excluding carboxylic acids is 1. The van der Waals surface area contributed by atoms with Crippen LogP contribution in [0.3, 0.4) is 0 Å². The monoisotopic (exact) mass is 482 g/mol. The largest absolute Gasteiger partial charge is 0.313 e. The average molecular weight is 483 g/mol. The standard InChI is InChI=1S/C22H18N4O3S3/c1-14-20(21(27)25-32(2,28)29)24-22(30-14)26(17-9-7-15(12-23)8-10-17)13-18-11-16-5-3-4-6-19(16)31-18/h3-11H,13H2,1-2H3,(H,25,27). The third-order valence-electron chi connectivity index (χ3n) is 4.61.